The van der Waals surface area contributed by atoms with Gasteiger partial charge in [0, 0.05) is 19.1 Å². The number of rotatable bonds is 2. The fraction of sp³-hybridized carbons (Fsp3) is 0.500. The molecular formula is C12H14F4N2. The molecule has 0 bridgehead atoms. The molecule has 0 spiro atoms. The van der Waals surface area contributed by atoms with E-state index in [4.69, 9.17) is 5.73 Å². The van der Waals surface area contributed by atoms with Gasteiger partial charge in [-0.1, -0.05) is 0 Å². The molecular weight excluding hydrogens is 248 g/mol. The van der Waals surface area contributed by atoms with Crippen molar-refractivity contribution in [1.82, 2.24) is 0 Å². The number of anilines is 1. The number of hydrogen-bond donors (Lipinski definition) is 1. The van der Waals surface area contributed by atoms with Crippen molar-refractivity contribution in [2.75, 3.05) is 18.0 Å². The summed E-state index contributed by atoms with van der Waals surface area (Å²) in [6.07, 6.45) is -2.79. The number of hydrogen-bond acceptors (Lipinski definition) is 2. The van der Waals surface area contributed by atoms with E-state index < -0.39 is 17.6 Å². The SMILES string of the molecule is NCC1CCCN1c1ccc(C(F)(F)F)cc1F. The summed E-state index contributed by atoms with van der Waals surface area (Å²) in [5, 5.41) is 0. The fourth-order valence-electron chi connectivity index (χ4n) is 2.31. The number of nitrogens with zero attached hydrogens (tertiary/aromatic N) is 1. The lowest BCUT2D eigenvalue weighted by Gasteiger charge is -2.26. The highest BCUT2D eigenvalue weighted by Gasteiger charge is 2.32. The van der Waals surface area contributed by atoms with Crippen LogP contribution < -0.4 is 10.6 Å². The molecule has 0 aliphatic carbocycles. The summed E-state index contributed by atoms with van der Waals surface area (Å²) in [4.78, 5) is 1.75. The molecule has 0 radical (unpaired) electrons. The molecule has 1 aliphatic rings. The molecule has 0 saturated carbocycles. The van der Waals surface area contributed by atoms with Gasteiger partial charge in [0.2, 0.25) is 0 Å². The Morgan fingerprint density at radius 2 is 2.06 bits per heavy atom. The van der Waals surface area contributed by atoms with Gasteiger partial charge in [-0.15, -0.1) is 0 Å². The minimum atomic E-state index is -4.52. The number of halogens is 4. The molecule has 2 nitrogen and oxygen atoms in total. The normalized spacial score (nSPS) is 20.5. The first-order valence-corrected chi connectivity index (χ1v) is 5.77. The Kier molecular flexibility index (Phi) is 3.47. The predicted molar refractivity (Wildman–Crippen MR) is 60.8 cm³/mol. The predicted octanol–water partition coefficient (Wildman–Crippen LogP) is 2.77. The molecule has 1 aromatic carbocycles. The summed E-state index contributed by atoms with van der Waals surface area (Å²) >= 11 is 0. The van der Waals surface area contributed by atoms with E-state index >= 15 is 0 Å². The van der Waals surface area contributed by atoms with Gasteiger partial charge >= 0.3 is 6.18 Å². The van der Waals surface area contributed by atoms with Crippen LogP contribution in [0.1, 0.15) is 18.4 Å². The van der Waals surface area contributed by atoms with Crippen LogP contribution in [-0.4, -0.2) is 19.1 Å². The van der Waals surface area contributed by atoms with Crippen molar-refractivity contribution in [2.24, 2.45) is 5.73 Å². The molecule has 2 rings (SSSR count). The smallest absolute Gasteiger partial charge is 0.365 e. The zero-order valence-electron chi connectivity index (χ0n) is 9.67. The van der Waals surface area contributed by atoms with Gasteiger partial charge in [-0.05, 0) is 31.0 Å². The maximum absolute atomic E-state index is 13.8. The Balaban J connectivity index is 2.30. The van der Waals surface area contributed by atoms with E-state index in [1.807, 2.05) is 0 Å². The van der Waals surface area contributed by atoms with Crippen LogP contribution in [-0.2, 0) is 6.18 Å². The van der Waals surface area contributed by atoms with Gasteiger partial charge in [0.1, 0.15) is 5.82 Å². The first-order valence-electron chi connectivity index (χ1n) is 5.77. The zero-order valence-corrected chi connectivity index (χ0v) is 9.67. The van der Waals surface area contributed by atoms with Gasteiger partial charge in [0.25, 0.3) is 0 Å². The standard InChI is InChI=1S/C12H14F4N2/c13-10-6-8(12(14,15)16)3-4-11(10)18-5-1-2-9(18)7-17/h3-4,6,9H,1-2,5,7,17H2. The molecule has 1 unspecified atom stereocenters. The maximum Gasteiger partial charge on any atom is 0.416 e. The van der Waals surface area contributed by atoms with Crippen molar-refractivity contribution in [3.05, 3.63) is 29.6 Å². The molecule has 0 aromatic heterocycles. The minimum Gasteiger partial charge on any atom is -0.365 e. The van der Waals surface area contributed by atoms with E-state index in [1.54, 1.807) is 4.90 Å². The lowest BCUT2D eigenvalue weighted by Crippen LogP contribution is -2.35. The molecule has 1 aliphatic heterocycles. The highest BCUT2D eigenvalue weighted by Crippen LogP contribution is 2.34. The Hall–Kier alpha value is -1.30. The average molecular weight is 262 g/mol. The molecule has 6 heteroatoms. The lowest BCUT2D eigenvalue weighted by atomic mass is 10.1. The molecule has 2 N–H and O–H groups in total. The Morgan fingerprint density at radius 3 is 2.61 bits per heavy atom. The summed E-state index contributed by atoms with van der Waals surface area (Å²) in [6.45, 7) is 1.00. The van der Waals surface area contributed by atoms with Crippen molar-refractivity contribution in [2.45, 2.75) is 25.1 Å². The first kappa shape index (κ1) is 13.1. The van der Waals surface area contributed by atoms with Crippen LogP contribution in [0.5, 0.6) is 0 Å². The fourth-order valence-corrected chi connectivity index (χ4v) is 2.31. The van der Waals surface area contributed by atoms with E-state index in [1.165, 1.54) is 6.07 Å². The summed E-state index contributed by atoms with van der Waals surface area (Å²) < 4.78 is 51.0. The third-order valence-corrected chi connectivity index (χ3v) is 3.23. The van der Waals surface area contributed by atoms with Crippen LogP contribution in [0.25, 0.3) is 0 Å². The van der Waals surface area contributed by atoms with Gasteiger partial charge < -0.3 is 10.6 Å². The average Bonchev–Trinajstić information content (AvgIpc) is 2.75. The van der Waals surface area contributed by atoms with Crippen LogP contribution >= 0.6 is 0 Å². The summed E-state index contributed by atoms with van der Waals surface area (Å²) in [5.41, 5.74) is 4.81. The van der Waals surface area contributed by atoms with E-state index in [0.29, 0.717) is 19.2 Å². The lowest BCUT2D eigenvalue weighted by molar-refractivity contribution is -0.137. The first-order chi connectivity index (χ1) is 8.43. The number of nitrogens with two attached hydrogens (primary N) is 1. The highest BCUT2D eigenvalue weighted by molar-refractivity contribution is 5.51. The summed E-state index contributed by atoms with van der Waals surface area (Å²) in [5.74, 6) is -0.842. The number of benzene rings is 1. The third kappa shape index (κ3) is 2.43. The van der Waals surface area contributed by atoms with Crippen LogP contribution in [0, 0.1) is 5.82 Å². The second-order valence-corrected chi connectivity index (χ2v) is 4.39. The van der Waals surface area contributed by atoms with E-state index in [0.717, 1.165) is 18.9 Å². The maximum atomic E-state index is 13.8. The molecule has 100 valence electrons. The molecule has 1 fully saturated rings. The zero-order chi connectivity index (χ0) is 13.3. The summed E-state index contributed by atoms with van der Waals surface area (Å²) in [6, 6.07) is 2.65. The van der Waals surface area contributed by atoms with Crippen molar-refractivity contribution >= 4 is 5.69 Å². The van der Waals surface area contributed by atoms with Gasteiger partial charge in [-0.25, -0.2) is 4.39 Å². The van der Waals surface area contributed by atoms with Gasteiger partial charge in [-0.2, -0.15) is 13.2 Å². The largest absolute Gasteiger partial charge is 0.416 e. The molecule has 18 heavy (non-hydrogen) atoms. The summed E-state index contributed by atoms with van der Waals surface area (Å²) in [7, 11) is 0. The minimum absolute atomic E-state index is 0.0104. The van der Waals surface area contributed by atoms with Gasteiger partial charge in [0.05, 0.1) is 11.3 Å². The van der Waals surface area contributed by atoms with Crippen LogP contribution in [0.2, 0.25) is 0 Å². The van der Waals surface area contributed by atoms with Gasteiger partial charge in [-0.3, -0.25) is 0 Å². The van der Waals surface area contributed by atoms with Crippen molar-refractivity contribution in [3.63, 3.8) is 0 Å². The van der Waals surface area contributed by atoms with Crippen molar-refractivity contribution < 1.29 is 17.6 Å². The van der Waals surface area contributed by atoms with E-state index in [9.17, 15) is 17.6 Å². The number of alkyl halides is 3. The molecule has 1 heterocycles. The van der Waals surface area contributed by atoms with Crippen LogP contribution in [0.3, 0.4) is 0 Å². The van der Waals surface area contributed by atoms with E-state index in [2.05, 4.69) is 0 Å². The van der Waals surface area contributed by atoms with Crippen molar-refractivity contribution in [3.8, 4) is 0 Å². The Bertz CT molecular complexity index is 431. The van der Waals surface area contributed by atoms with Gasteiger partial charge in [0.15, 0.2) is 0 Å². The molecule has 1 saturated heterocycles. The molecule has 1 atom stereocenters. The molecule has 0 amide bonds. The second-order valence-electron chi connectivity index (χ2n) is 4.39. The van der Waals surface area contributed by atoms with E-state index in [-0.39, 0.29) is 11.7 Å². The van der Waals surface area contributed by atoms with Crippen LogP contribution in [0.15, 0.2) is 18.2 Å². The molecule has 1 aromatic rings. The monoisotopic (exact) mass is 262 g/mol. The second kappa shape index (κ2) is 4.76. The third-order valence-electron chi connectivity index (χ3n) is 3.23. The Labute approximate surface area is 102 Å². The highest BCUT2D eigenvalue weighted by atomic mass is 19.4. The topological polar surface area (TPSA) is 29.3 Å². The van der Waals surface area contributed by atoms with Crippen molar-refractivity contribution in [1.29, 1.82) is 0 Å². The van der Waals surface area contributed by atoms with Crippen LogP contribution in [0.4, 0.5) is 23.2 Å². The quantitative estimate of drug-likeness (QED) is 0.830. The Morgan fingerprint density at radius 1 is 1.33 bits per heavy atom.